The zero-order chi connectivity index (χ0) is 22.6. The van der Waals surface area contributed by atoms with E-state index in [1.54, 1.807) is 25.1 Å². The second-order valence-electron chi connectivity index (χ2n) is 9.09. The van der Waals surface area contributed by atoms with E-state index in [9.17, 15) is 14.4 Å². The van der Waals surface area contributed by atoms with Gasteiger partial charge in [-0.1, -0.05) is 6.07 Å². The highest BCUT2D eigenvalue weighted by Crippen LogP contribution is 2.36. The predicted molar refractivity (Wildman–Crippen MR) is 120 cm³/mol. The van der Waals surface area contributed by atoms with Gasteiger partial charge in [-0.3, -0.25) is 9.59 Å². The van der Waals surface area contributed by atoms with E-state index in [1.165, 1.54) is 6.07 Å². The van der Waals surface area contributed by atoms with Crippen LogP contribution in [0.15, 0.2) is 50.4 Å². The molecule has 2 aliphatic heterocycles. The number of rotatable bonds is 3. The van der Waals surface area contributed by atoms with Crippen molar-refractivity contribution in [3.63, 3.8) is 0 Å². The van der Waals surface area contributed by atoms with Crippen LogP contribution in [-0.4, -0.2) is 34.6 Å². The number of likely N-dealkylation sites (tertiary alicyclic amines) is 1. The monoisotopic (exact) mass is 434 g/mol. The topological polar surface area (TPSA) is 81.8 Å². The first kappa shape index (κ1) is 20.5. The Morgan fingerprint density at radius 3 is 2.75 bits per heavy atom. The summed E-state index contributed by atoms with van der Waals surface area (Å²) in [5.41, 5.74) is 2.72. The van der Waals surface area contributed by atoms with Crippen molar-refractivity contribution in [2.24, 2.45) is 5.92 Å². The Morgan fingerprint density at radius 2 is 1.94 bits per heavy atom. The van der Waals surface area contributed by atoms with Crippen molar-refractivity contribution >= 4 is 16.9 Å². The highest BCUT2D eigenvalue weighted by molar-refractivity contribution is 5.88. The number of amides is 1. The van der Waals surface area contributed by atoms with E-state index in [0.717, 1.165) is 23.2 Å². The molecule has 1 amide bonds. The molecule has 1 saturated heterocycles. The van der Waals surface area contributed by atoms with Crippen LogP contribution in [0.25, 0.3) is 11.0 Å². The van der Waals surface area contributed by atoms with Gasteiger partial charge in [0.25, 0.3) is 11.5 Å². The fraction of sp³-hybridized carbons (Fsp3) is 0.400. The molecule has 3 aromatic rings. The molecule has 2 bridgehead atoms. The Balaban J connectivity index is 1.40. The Bertz CT molecular complexity index is 1340. The van der Waals surface area contributed by atoms with Gasteiger partial charge in [-0.15, -0.1) is 0 Å². The first-order chi connectivity index (χ1) is 15.3. The van der Waals surface area contributed by atoms with Crippen molar-refractivity contribution in [3.05, 3.63) is 74.0 Å². The lowest BCUT2D eigenvalue weighted by atomic mass is 9.83. The average Bonchev–Trinajstić information content (AvgIpc) is 2.73. The maximum absolute atomic E-state index is 13.3. The Hall–Kier alpha value is -3.35. The minimum Gasteiger partial charge on any atom is -0.480 e. The summed E-state index contributed by atoms with van der Waals surface area (Å²) in [6.07, 6.45) is 0.298. The van der Waals surface area contributed by atoms with Crippen LogP contribution >= 0.6 is 0 Å². The summed E-state index contributed by atoms with van der Waals surface area (Å²) >= 11 is 0. The number of piperidine rings is 1. The predicted octanol–water partition coefficient (Wildman–Crippen LogP) is 2.98. The van der Waals surface area contributed by atoms with E-state index in [2.05, 4.69) is 0 Å². The lowest BCUT2D eigenvalue weighted by molar-refractivity contribution is -0.140. The standard InChI is InChI=1S/C25H26N2O5/c1-14-7-20(24-15(2)9-23(29)32-21(24)8-14)31-16(3)25(30)26-11-17-10-18(13-26)19-5-4-6-22(28)27(19)12-17/h4-9,16-18H,10-13H2,1-3H3/t16-,17-,18-/m0/s1. The summed E-state index contributed by atoms with van der Waals surface area (Å²) in [5, 5.41) is 0.707. The Labute approximate surface area is 185 Å². The van der Waals surface area contributed by atoms with Gasteiger partial charge in [0, 0.05) is 43.4 Å². The van der Waals surface area contributed by atoms with Gasteiger partial charge in [-0.2, -0.15) is 0 Å². The number of fused-ring (bicyclic) bond motifs is 5. The largest absolute Gasteiger partial charge is 0.480 e. The van der Waals surface area contributed by atoms with Crippen molar-refractivity contribution < 1.29 is 13.9 Å². The number of nitrogens with zero attached hydrogens (tertiary/aromatic N) is 2. The maximum atomic E-state index is 13.3. The van der Waals surface area contributed by atoms with Crippen molar-refractivity contribution in [2.45, 2.75) is 45.8 Å². The highest BCUT2D eigenvalue weighted by atomic mass is 16.5. The summed E-state index contributed by atoms with van der Waals surface area (Å²) in [6.45, 7) is 7.33. The molecule has 1 aromatic carbocycles. The Morgan fingerprint density at radius 1 is 1.12 bits per heavy atom. The molecule has 4 heterocycles. The van der Waals surface area contributed by atoms with Gasteiger partial charge in [0.1, 0.15) is 11.3 Å². The molecule has 32 heavy (non-hydrogen) atoms. The van der Waals surface area contributed by atoms with E-state index < -0.39 is 11.7 Å². The summed E-state index contributed by atoms with van der Waals surface area (Å²) in [5.74, 6) is 0.880. The number of aromatic nitrogens is 1. The van der Waals surface area contributed by atoms with Gasteiger partial charge < -0.3 is 18.6 Å². The first-order valence-corrected chi connectivity index (χ1v) is 11.0. The molecule has 0 unspecified atom stereocenters. The second-order valence-corrected chi connectivity index (χ2v) is 9.09. The van der Waals surface area contributed by atoms with Crippen molar-refractivity contribution in [2.75, 3.05) is 13.1 Å². The van der Waals surface area contributed by atoms with Crippen molar-refractivity contribution in [1.82, 2.24) is 9.47 Å². The molecule has 3 atom stereocenters. The van der Waals surface area contributed by atoms with Crippen LogP contribution in [0.1, 0.15) is 36.1 Å². The van der Waals surface area contributed by atoms with Crippen LogP contribution in [0.2, 0.25) is 0 Å². The van der Waals surface area contributed by atoms with E-state index in [1.807, 2.05) is 35.4 Å². The molecule has 2 aliphatic rings. The van der Waals surface area contributed by atoms with Crippen LogP contribution in [0.3, 0.4) is 0 Å². The maximum Gasteiger partial charge on any atom is 0.336 e. The highest BCUT2D eigenvalue weighted by Gasteiger charge is 2.37. The minimum atomic E-state index is -0.692. The number of aryl methyl sites for hydroxylation is 2. The molecule has 0 N–H and O–H groups in total. The van der Waals surface area contributed by atoms with Crippen LogP contribution < -0.4 is 15.9 Å². The lowest BCUT2D eigenvalue weighted by Crippen LogP contribution is -2.52. The number of pyridine rings is 1. The van der Waals surface area contributed by atoms with Crippen LogP contribution in [-0.2, 0) is 11.3 Å². The fourth-order valence-corrected chi connectivity index (χ4v) is 5.24. The number of carbonyl (C=O) groups excluding carboxylic acids is 1. The van der Waals surface area contributed by atoms with Gasteiger partial charge in [-0.25, -0.2) is 4.79 Å². The van der Waals surface area contributed by atoms with E-state index in [-0.39, 0.29) is 23.3 Å². The third-order valence-corrected chi connectivity index (χ3v) is 6.59. The van der Waals surface area contributed by atoms with Crippen molar-refractivity contribution in [3.8, 4) is 5.75 Å². The number of ether oxygens (including phenoxy) is 1. The molecule has 0 radical (unpaired) electrons. The van der Waals surface area contributed by atoms with Gasteiger partial charge in [0.2, 0.25) is 0 Å². The van der Waals surface area contributed by atoms with Gasteiger partial charge in [0.15, 0.2) is 6.10 Å². The second kappa shape index (κ2) is 7.65. The summed E-state index contributed by atoms with van der Waals surface area (Å²) < 4.78 is 13.4. The molecular weight excluding hydrogens is 408 g/mol. The molecule has 7 nitrogen and oxygen atoms in total. The van der Waals surface area contributed by atoms with Gasteiger partial charge in [-0.05, 0) is 62.4 Å². The molecule has 7 heteroatoms. The van der Waals surface area contributed by atoms with Gasteiger partial charge >= 0.3 is 5.63 Å². The van der Waals surface area contributed by atoms with E-state index >= 15 is 0 Å². The van der Waals surface area contributed by atoms with Crippen molar-refractivity contribution in [1.29, 1.82) is 0 Å². The summed E-state index contributed by atoms with van der Waals surface area (Å²) in [4.78, 5) is 39.2. The van der Waals surface area contributed by atoms with E-state index in [0.29, 0.717) is 36.4 Å². The SMILES string of the molecule is Cc1cc(O[C@@H](C)C(=O)N2C[C@@H]3C[C@@H](C2)c2cccc(=O)n2C3)c2c(C)cc(=O)oc2c1. The zero-order valence-electron chi connectivity index (χ0n) is 18.5. The molecule has 0 saturated carbocycles. The number of hydrogen-bond donors (Lipinski definition) is 0. The van der Waals surface area contributed by atoms with Crippen LogP contribution in [0, 0.1) is 19.8 Å². The van der Waals surface area contributed by atoms with E-state index in [4.69, 9.17) is 9.15 Å². The van der Waals surface area contributed by atoms with Crippen LogP contribution in [0.5, 0.6) is 5.75 Å². The quantitative estimate of drug-likeness (QED) is 0.592. The third kappa shape index (κ3) is 3.51. The third-order valence-electron chi connectivity index (χ3n) is 6.59. The average molecular weight is 434 g/mol. The number of carbonyl (C=O) groups is 1. The summed E-state index contributed by atoms with van der Waals surface area (Å²) in [7, 11) is 0. The smallest absolute Gasteiger partial charge is 0.336 e. The summed E-state index contributed by atoms with van der Waals surface area (Å²) in [6, 6.07) is 10.5. The van der Waals surface area contributed by atoms with Gasteiger partial charge in [0.05, 0.1) is 5.39 Å². The molecule has 0 spiro atoms. The first-order valence-electron chi connectivity index (χ1n) is 11.0. The Kier molecular flexibility index (Phi) is 4.92. The molecular formula is C25H26N2O5. The van der Waals surface area contributed by atoms with Crippen LogP contribution in [0.4, 0.5) is 0 Å². The minimum absolute atomic E-state index is 0.0297. The lowest BCUT2D eigenvalue weighted by Gasteiger charge is -2.43. The molecule has 0 aliphatic carbocycles. The molecule has 5 rings (SSSR count). The molecule has 1 fully saturated rings. The number of benzene rings is 1. The number of hydrogen-bond acceptors (Lipinski definition) is 5. The fourth-order valence-electron chi connectivity index (χ4n) is 5.24. The molecule has 2 aromatic heterocycles. The normalized spacial score (nSPS) is 20.7. The molecule has 166 valence electrons. The zero-order valence-corrected chi connectivity index (χ0v) is 18.5.